The minimum Gasteiger partial charge on any atom is -0.550 e. The molecule has 0 unspecified atom stereocenters. The summed E-state index contributed by atoms with van der Waals surface area (Å²) in [5.41, 5.74) is 13.6. The minimum atomic E-state index is -0.903. The number of aliphatic carboxylic acids is 1. The van der Waals surface area contributed by atoms with Crippen LogP contribution in [-0.2, 0) is 4.79 Å². The van der Waals surface area contributed by atoms with Crippen molar-refractivity contribution in [2.24, 2.45) is 0 Å². The van der Waals surface area contributed by atoms with Gasteiger partial charge in [0.25, 0.3) is 0 Å². The number of carbonyl (C=O) groups excluding carboxylic acids is 1. The molecule has 0 radical (unpaired) electrons. The van der Waals surface area contributed by atoms with E-state index in [-0.39, 0.29) is 6.42 Å². The van der Waals surface area contributed by atoms with Crippen molar-refractivity contribution in [2.75, 3.05) is 5.73 Å². The third-order valence-electron chi connectivity index (χ3n) is 6.18. The number of nitrogen functional groups attached to an aromatic ring is 1. The predicted molar refractivity (Wildman–Crippen MR) is 154 cm³/mol. The van der Waals surface area contributed by atoms with Gasteiger partial charge in [0.15, 0.2) is 0 Å². The summed E-state index contributed by atoms with van der Waals surface area (Å²) in [6, 6.07) is 15.9. The molecule has 2 rings (SSSR count). The molecule has 2 aromatic rings. The molecule has 4 heteroatoms. The highest BCUT2D eigenvalue weighted by molar-refractivity contribution is 5.64. The SMILES string of the molecule is CCCCCCCCCCCCCCCCCC(=O)[O-].Cc1ccc(N)cc1.Cc1ccc([NH3+])cc1. The zero-order valence-corrected chi connectivity index (χ0v) is 23.5. The van der Waals surface area contributed by atoms with Gasteiger partial charge in [0, 0.05) is 11.7 Å². The third-order valence-corrected chi connectivity index (χ3v) is 6.18. The summed E-state index contributed by atoms with van der Waals surface area (Å²) in [5, 5.41) is 10.2. The molecular weight excluding hydrogens is 444 g/mol. The summed E-state index contributed by atoms with van der Waals surface area (Å²) >= 11 is 0. The molecule has 0 aromatic heterocycles. The van der Waals surface area contributed by atoms with Crippen LogP contribution in [0.3, 0.4) is 0 Å². The molecule has 4 nitrogen and oxygen atoms in total. The van der Waals surface area contributed by atoms with Crippen LogP contribution in [0.4, 0.5) is 11.4 Å². The molecule has 0 spiro atoms. The van der Waals surface area contributed by atoms with Crippen LogP contribution in [0.1, 0.15) is 121 Å². The second kappa shape index (κ2) is 24.4. The monoisotopic (exact) mass is 498 g/mol. The highest BCUT2D eigenvalue weighted by atomic mass is 16.4. The van der Waals surface area contributed by atoms with Crippen LogP contribution in [0.2, 0.25) is 0 Å². The van der Waals surface area contributed by atoms with Crippen molar-refractivity contribution in [1.29, 1.82) is 0 Å². The van der Waals surface area contributed by atoms with Gasteiger partial charge in [-0.1, -0.05) is 132 Å². The van der Waals surface area contributed by atoms with E-state index < -0.39 is 5.97 Å². The van der Waals surface area contributed by atoms with Gasteiger partial charge in [0.1, 0.15) is 5.69 Å². The molecule has 204 valence electrons. The van der Waals surface area contributed by atoms with E-state index in [9.17, 15) is 9.90 Å². The molecule has 0 fully saturated rings. The van der Waals surface area contributed by atoms with Crippen molar-refractivity contribution < 1.29 is 15.6 Å². The van der Waals surface area contributed by atoms with Crippen molar-refractivity contribution >= 4 is 17.3 Å². The first-order chi connectivity index (χ1) is 17.3. The molecule has 2 aromatic carbocycles. The quantitative estimate of drug-likeness (QED) is 0.186. The fraction of sp³-hybridized carbons (Fsp3) is 0.594. The number of carboxylic acids is 1. The van der Waals surface area contributed by atoms with Gasteiger partial charge in [0.05, 0.1) is 0 Å². The van der Waals surface area contributed by atoms with Crippen molar-refractivity contribution in [3.05, 3.63) is 59.7 Å². The first kappa shape index (κ1) is 33.7. The summed E-state index contributed by atoms with van der Waals surface area (Å²) in [6.45, 7) is 6.38. The Hall–Kier alpha value is -2.33. The van der Waals surface area contributed by atoms with Gasteiger partial charge >= 0.3 is 0 Å². The normalized spacial score (nSPS) is 10.1. The highest BCUT2D eigenvalue weighted by Gasteiger charge is 1.94. The molecule has 0 aliphatic carbocycles. The van der Waals surface area contributed by atoms with Crippen LogP contribution in [-0.4, -0.2) is 5.97 Å². The van der Waals surface area contributed by atoms with Crippen LogP contribution in [0, 0.1) is 13.8 Å². The Morgan fingerprint density at radius 3 is 1.28 bits per heavy atom. The van der Waals surface area contributed by atoms with Gasteiger partial charge < -0.3 is 21.4 Å². The Labute approximate surface area is 221 Å². The summed E-state index contributed by atoms with van der Waals surface area (Å²) in [4.78, 5) is 10.2. The molecular formula is C32H54N2O2. The lowest BCUT2D eigenvalue weighted by Gasteiger charge is -2.04. The summed E-state index contributed by atoms with van der Waals surface area (Å²) in [6.07, 6.45) is 19.9. The Morgan fingerprint density at radius 1 is 0.639 bits per heavy atom. The molecule has 5 N–H and O–H groups in total. The van der Waals surface area contributed by atoms with E-state index in [1.54, 1.807) is 0 Å². The van der Waals surface area contributed by atoms with E-state index in [4.69, 9.17) is 5.73 Å². The Kier molecular flexibility index (Phi) is 22.8. The molecule has 0 aliphatic heterocycles. The summed E-state index contributed by atoms with van der Waals surface area (Å²) < 4.78 is 0. The zero-order chi connectivity index (χ0) is 26.9. The largest absolute Gasteiger partial charge is 0.550 e. The van der Waals surface area contributed by atoms with Gasteiger partial charge in [-0.25, -0.2) is 0 Å². The maximum atomic E-state index is 10.2. The average molecular weight is 499 g/mol. The standard InChI is InChI=1S/C18H36O2.2C7H9N/c1-2-3-4-5-6-7-8-9-10-11-12-13-14-15-16-17-18(19)20;2*1-6-2-4-7(8)5-3-6/h2-17H2,1H3,(H,19,20);2*2-5H,8H2,1H3. The lowest BCUT2D eigenvalue weighted by atomic mass is 10.0. The van der Waals surface area contributed by atoms with Crippen LogP contribution in [0.25, 0.3) is 0 Å². The summed E-state index contributed by atoms with van der Waals surface area (Å²) in [5.74, 6) is -0.903. The Morgan fingerprint density at radius 2 is 0.972 bits per heavy atom. The van der Waals surface area contributed by atoms with Gasteiger partial charge in [-0.15, -0.1) is 0 Å². The number of anilines is 1. The first-order valence-corrected chi connectivity index (χ1v) is 14.3. The van der Waals surface area contributed by atoms with E-state index in [2.05, 4.69) is 31.7 Å². The fourth-order valence-corrected chi connectivity index (χ4v) is 3.80. The number of benzene rings is 2. The van der Waals surface area contributed by atoms with Crippen molar-refractivity contribution in [3.8, 4) is 0 Å². The number of unbranched alkanes of at least 4 members (excludes halogenated alkanes) is 14. The number of hydrogen-bond acceptors (Lipinski definition) is 3. The second-order valence-corrected chi connectivity index (χ2v) is 9.97. The number of hydrogen-bond donors (Lipinski definition) is 2. The molecule has 0 bridgehead atoms. The van der Waals surface area contributed by atoms with Gasteiger partial charge in [-0.2, -0.15) is 0 Å². The van der Waals surface area contributed by atoms with E-state index in [1.165, 1.54) is 94.6 Å². The van der Waals surface area contributed by atoms with Gasteiger partial charge in [-0.3, -0.25) is 0 Å². The number of nitrogens with two attached hydrogens (primary N) is 1. The number of aryl methyl sites for hydroxylation is 2. The van der Waals surface area contributed by atoms with Gasteiger partial charge in [-0.05, 0) is 51.0 Å². The van der Waals surface area contributed by atoms with Crippen LogP contribution in [0.15, 0.2) is 48.5 Å². The zero-order valence-electron chi connectivity index (χ0n) is 23.5. The predicted octanol–water partition coefficient (Wildman–Crippen LogP) is 7.44. The number of quaternary nitrogens is 1. The fourth-order valence-electron chi connectivity index (χ4n) is 3.80. The number of carbonyl (C=O) groups is 1. The van der Waals surface area contributed by atoms with Crippen LogP contribution >= 0.6 is 0 Å². The van der Waals surface area contributed by atoms with Crippen molar-refractivity contribution in [3.63, 3.8) is 0 Å². The Balaban J connectivity index is 0.000000616. The molecule has 0 amide bonds. The average Bonchev–Trinajstić information content (AvgIpc) is 2.86. The molecule has 0 heterocycles. The van der Waals surface area contributed by atoms with E-state index in [0.29, 0.717) is 0 Å². The van der Waals surface area contributed by atoms with Crippen molar-refractivity contribution in [2.45, 2.75) is 124 Å². The molecule has 0 atom stereocenters. The minimum absolute atomic E-state index is 0.234. The lowest BCUT2D eigenvalue weighted by Crippen LogP contribution is -2.39. The van der Waals surface area contributed by atoms with Gasteiger partial charge in [0.2, 0.25) is 0 Å². The third kappa shape index (κ3) is 24.8. The molecule has 0 aliphatic rings. The summed E-state index contributed by atoms with van der Waals surface area (Å²) in [7, 11) is 0. The lowest BCUT2D eigenvalue weighted by molar-refractivity contribution is -0.305. The number of rotatable bonds is 16. The number of carboxylic acid groups (broad SMARTS) is 1. The van der Waals surface area contributed by atoms with E-state index in [1.807, 2.05) is 43.3 Å². The van der Waals surface area contributed by atoms with E-state index in [0.717, 1.165) is 24.2 Å². The molecule has 36 heavy (non-hydrogen) atoms. The highest BCUT2D eigenvalue weighted by Crippen LogP contribution is 2.13. The Bertz CT molecular complexity index is 656. The second-order valence-electron chi connectivity index (χ2n) is 9.97. The molecule has 0 saturated carbocycles. The maximum Gasteiger partial charge on any atom is 0.127 e. The van der Waals surface area contributed by atoms with Crippen molar-refractivity contribution in [1.82, 2.24) is 0 Å². The topological polar surface area (TPSA) is 93.8 Å². The first-order valence-electron chi connectivity index (χ1n) is 14.3. The van der Waals surface area contributed by atoms with Crippen LogP contribution in [0.5, 0.6) is 0 Å². The van der Waals surface area contributed by atoms with E-state index >= 15 is 0 Å². The maximum absolute atomic E-state index is 10.2. The molecule has 0 saturated heterocycles. The van der Waals surface area contributed by atoms with Crippen LogP contribution < -0.4 is 16.6 Å². The smallest absolute Gasteiger partial charge is 0.127 e.